The summed E-state index contributed by atoms with van der Waals surface area (Å²) in [5.41, 5.74) is 3.61. The molecule has 6 heteroatoms. The van der Waals surface area contributed by atoms with Gasteiger partial charge < -0.3 is 0 Å². The van der Waals surface area contributed by atoms with Gasteiger partial charge in [0.1, 0.15) is 0 Å². The van der Waals surface area contributed by atoms with Gasteiger partial charge in [-0.2, -0.15) is 0 Å². The predicted molar refractivity (Wildman–Crippen MR) is 134 cm³/mol. The molecule has 31 heavy (non-hydrogen) atoms. The van der Waals surface area contributed by atoms with Crippen molar-refractivity contribution in [3.05, 3.63) is 112 Å². The minimum absolute atomic E-state index is 0.236. The highest BCUT2D eigenvalue weighted by Gasteiger charge is 2.27. The lowest BCUT2D eigenvalue weighted by Crippen LogP contribution is -2.32. The molecule has 0 bridgehead atoms. The topological polar surface area (TPSA) is 37.4 Å². The van der Waals surface area contributed by atoms with Gasteiger partial charge in [0.15, 0.2) is 0 Å². The quantitative estimate of drug-likeness (QED) is 0.296. The number of nitrogens with zero attached hydrogens (tertiary/aromatic N) is 1. The maximum Gasteiger partial charge on any atom is 0.264 e. The number of hydrogen-bond acceptors (Lipinski definition) is 2. The molecule has 160 valence electrons. The molecule has 0 fully saturated rings. The lowest BCUT2D eigenvalue weighted by atomic mass is 9.98. The fourth-order valence-corrected chi connectivity index (χ4v) is 5.34. The molecule has 0 heterocycles. The summed E-state index contributed by atoms with van der Waals surface area (Å²) in [5.74, 6) is 0. The molecule has 0 amide bonds. The van der Waals surface area contributed by atoms with E-state index in [-0.39, 0.29) is 11.4 Å². The smallest absolute Gasteiger partial charge is 0.264 e. The second-order valence-corrected chi connectivity index (χ2v) is 10.3. The second kappa shape index (κ2) is 9.86. The van der Waals surface area contributed by atoms with Gasteiger partial charge in [-0.15, -0.1) is 6.58 Å². The van der Waals surface area contributed by atoms with Crippen LogP contribution in [0.5, 0.6) is 0 Å². The highest BCUT2D eigenvalue weighted by Crippen LogP contribution is 2.37. The molecule has 0 atom stereocenters. The number of benzene rings is 3. The highest BCUT2D eigenvalue weighted by molar-refractivity contribution is 9.10. The lowest BCUT2D eigenvalue weighted by molar-refractivity contribution is 0.591. The van der Waals surface area contributed by atoms with Gasteiger partial charge in [0, 0.05) is 27.2 Å². The van der Waals surface area contributed by atoms with Crippen LogP contribution in [0.3, 0.4) is 0 Å². The Bertz CT molecular complexity index is 1220. The number of halogens is 2. The van der Waals surface area contributed by atoms with Gasteiger partial charge in [-0.1, -0.05) is 76.1 Å². The largest absolute Gasteiger partial charge is 0.265 e. The Morgan fingerprint density at radius 1 is 1.06 bits per heavy atom. The van der Waals surface area contributed by atoms with Crippen LogP contribution in [0, 0.1) is 6.92 Å². The Hall–Kier alpha value is -2.34. The zero-order valence-electron chi connectivity index (χ0n) is 17.2. The van der Waals surface area contributed by atoms with Crippen molar-refractivity contribution in [1.29, 1.82) is 0 Å². The van der Waals surface area contributed by atoms with Crippen LogP contribution in [-0.2, 0) is 10.0 Å². The molecule has 3 aromatic carbocycles. The standard InChI is InChI=1S/C25H23BrClNO2S/c1-4-5-16-28(31(29,30)21-13-10-18(2)11-14-21)25-15-12-20(26)17-23(25)19(3)22-8-6-7-9-24(22)27/h4,6-15,17H,1,3,5,16H2,2H3. The van der Waals surface area contributed by atoms with Crippen molar-refractivity contribution >= 4 is 48.8 Å². The molecular weight excluding hydrogens is 494 g/mol. The number of rotatable bonds is 8. The van der Waals surface area contributed by atoms with E-state index in [9.17, 15) is 8.42 Å². The normalized spacial score (nSPS) is 11.2. The van der Waals surface area contributed by atoms with Crippen molar-refractivity contribution in [2.75, 3.05) is 10.8 Å². The first-order valence-corrected chi connectivity index (χ1v) is 12.3. The third kappa shape index (κ3) is 5.12. The zero-order valence-corrected chi connectivity index (χ0v) is 20.3. The molecule has 3 nitrogen and oxygen atoms in total. The fourth-order valence-electron chi connectivity index (χ4n) is 3.23. The van der Waals surface area contributed by atoms with Crippen LogP contribution in [0.1, 0.15) is 23.1 Å². The van der Waals surface area contributed by atoms with E-state index in [1.807, 2.05) is 37.3 Å². The molecule has 3 rings (SSSR count). The fraction of sp³-hybridized carbons (Fsp3) is 0.120. The first-order chi connectivity index (χ1) is 14.8. The molecule has 0 aliphatic heterocycles. The van der Waals surface area contributed by atoms with Crippen LogP contribution >= 0.6 is 27.5 Å². The van der Waals surface area contributed by atoms with Gasteiger partial charge in [-0.05, 0) is 55.3 Å². The van der Waals surface area contributed by atoms with Crippen LogP contribution < -0.4 is 4.31 Å². The summed E-state index contributed by atoms with van der Waals surface area (Å²) >= 11 is 9.91. The van der Waals surface area contributed by atoms with Crippen molar-refractivity contribution < 1.29 is 8.42 Å². The molecular formula is C25H23BrClNO2S. The van der Waals surface area contributed by atoms with Crippen LogP contribution in [0.15, 0.2) is 95.3 Å². The summed E-state index contributed by atoms with van der Waals surface area (Å²) in [7, 11) is -3.81. The van der Waals surface area contributed by atoms with Gasteiger partial charge in [0.2, 0.25) is 0 Å². The number of hydrogen-bond donors (Lipinski definition) is 0. The number of anilines is 1. The molecule has 0 aromatic heterocycles. The van der Waals surface area contributed by atoms with Crippen molar-refractivity contribution in [2.45, 2.75) is 18.2 Å². The summed E-state index contributed by atoms with van der Waals surface area (Å²) in [5, 5.41) is 0.553. The first-order valence-electron chi connectivity index (χ1n) is 9.69. The molecule has 0 unspecified atom stereocenters. The van der Waals surface area contributed by atoms with Crippen LogP contribution in [0.2, 0.25) is 5.02 Å². The van der Waals surface area contributed by atoms with E-state index in [4.69, 9.17) is 11.6 Å². The van der Waals surface area contributed by atoms with Crippen molar-refractivity contribution in [3.8, 4) is 0 Å². The van der Waals surface area contributed by atoms with E-state index in [2.05, 4.69) is 29.1 Å². The predicted octanol–water partition coefficient (Wildman–Crippen LogP) is 7.24. The summed E-state index contributed by atoms with van der Waals surface area (Å²) in [6, 6.07) is 19.7. The van der Waals surface area contributed by atoms with Gasteiger partial charge >= 0.3 is 0 Å². The van der Waals surface area contributed by atoms with Crippen LogP contribution in [-0.4, -0.2) is 15.0 Å². The number of aryl methyl sites for hydroxylation is 1. The van der Waals surface area contributed by atoms with E-state index in [0.29, 0.717) is 28.3 Å². The summed E-state index contributed by atoms with van der Waals surface area (Å²) in [6.45, 7) is 10.2. The molecule has 0 radical (unpaired) electrons. The van der Waals surface area contributed by atoms with Gasteiger partial charge in [-0.25, -0.2) is 8.42 Å². The van der Waals surface area contributed by atoms with E-state index in [1.165, 1.54) is 4.31 Å². The summed E-state index contributed by atoms with van der Waals surface area (Å²) in [6.07, 6.45) is 2.21. The molecule has 0 aliphatic carbocycles. The third-order valence-corrected chi connectivity index (χ3v) is 7.55. The Morgan fingerprint density at radius 2 is 1.74 bits per heavy atom. The maximum atomic E-state index is 13.6. The van der Waals surface area contributed by atoms with E-state index in [1.54, 1.807) is 42.5 Å². The molecule has 0 saturated heterocycles. The molecule has 3 aromatic rings. The van der Waals surface area contributed by atoms with E-state index >= 15 is 0 Å². The summed E-state index contributed by atoms with van der Waals surface area (Å²) in [4.78, 5) is 0.236. The Labute approximate surface area is 197 Å². The molecule has 0 saturated carbocycles. The third-order valence-electron chi connectivity index (χ3n) is 4.90. The Morgan fingerprint density at radius 3 is 2.39 bits per heavy atom. The molecule has 0 aliphatic rings. The van der Waals surface area contributed by atoms with Crippen molar-refractivity contribution in [1.82, 2.24) is 0 Å². The van der Waals surface area contributed by atoms with E-state index < -0.39 is 10.0 Å². The minimum atomic E-state index is -3.81. The highest BCUT2D eigenvalue weighted by atomic mass is 79.9. The van der Waals surface area contributed by atoms with Crippen LogP contribution in [0.4, 0.5) is 5.69 Å². The molecule has 0 spiro atoms. The lowest BCUT2D eigenvalue weighted by Gasteiger charge is -2.27. The monoisotopic (exact) mass is 515 g/mol. The second-order valence-electron chi connectivity index (χ2n) is 7.09. The van der Waals surface area contributed by atoms with Gasteiger partial charge in [-0.3, -0.25) is 4.31 Å². The van der Waals surface area contributed by atoms with Gasteiger partial charge in [0.25, 0.3) is 10.0 Å². The van der Waals surface area contributed by atoms with E-state index in [0.717, 1.165) is 15.6 Å². The Kier molecular flexibility index (Phi) is 7.42. The number of sulfonamides is 1. The first kappa shape index (κ1) is 23.3. The van der Waals surface area contributed by atoms with Gasteiger partial charge in [0.05, 0.1) is 10.6 Å². The summed E-state index contributed by atoms with van der Waals surface area (Å²) < 4.78 is 29.5. The average molecular weight is 517 g/mol. The molecule has 0 N–H and O–H groups in total. The van der Waals surface area contributed by atoms with Crippen LogP contribution in [0.25, 0.3) is 5.57 Å². The SMILES string of the molecule is C=CCCN(c1ccc(Br)cc1C(=C)c1ccccc1Cl)S(=O)(=O)c1ccc(C)cc1. The van der Waals surface area contributed by atoms with Crippen molar-refractivity contribution in [3.63, 3.8) is 0 Å². The minimum Gasteiger partial charge on any atom is -0.265 e. The average Bonchev–Trinajstić information content (AvgIpc) is 2.75. The zero-order chi connectivity index (χ0) is 22.6. The van der Waals surface area contributed by atoms with Crippen molar-refractivity contribution in [2.24, 2.45) is 0 Å². The maximum absolute atomic E-state index is 13.6. The Balaban J connectivity index is 2.19.